The number of phenols is 2. The van der Waals surface area contributed by atoms with Crippen LogP contribution in [0.4, 0.5) is 0 Å². The van der Waals surface area contributed by atoms with Gasteiger partial charge in [0.05, 0.1) is 0 Å². The summed E-state index contributed by atoms with van der Waals surface area (Å²) in [5.41, 5.74) is 5.33. The standard InChI is InChI=1S/C22H21O2/c1-22(2,3)20-6-4-5-19(15-7-11-17(23)12-8-15)21(20)16-9-13-18(24)14-10-16/h4,6-14,23-24H,1-3H3. The van der Waals surface area contributed by atoms with Crippen molar-refractivity contribution in [2.75, 3.05) is 0 Å². The van der Waals surface area contributed by atoms with Crippen LogP contribution in [0.1, 0.15) is 26.3 Å². The van der Waals surface area contributed by atoms with E-state index in [4.69, 9.17) is 0 Å². The summed E-state index contributed by atoms with van der Waals surface area (Å²) in [4.78, 5) is 0. The Morgan fingerprint density at radius 1 is 0.708 bits per heavy atom. The number of phenolic OH excluding ortho intramolecular Hbond substituents is 2. The topological polar surface area (TPSA) is 40.5 Å². The maximum Gasteiger partial charge on any atom is 0.115 e. The molecule has 0 aliphatic carbocycles. The Labute approximate surface area is 143 Å². The van der Waals surface area contributed by atoms with Crippen LogP contribution in [-0.4, -0.2) is 10.2 Å². The molecule has 2 nitrogen and oxygen atoms in total. The molecule has 0 saturated carbocycles. The molecule has 0 aliphatic rings. The van der Waals surface area contributed by atoms with Gasteiger partial charge in [0.25, 0.3) is 0 Å². The second-order valence-corrected chi connectivity index (χ2v) is 6.99. The maximum absolute atomic E-state index is 9.61. The van der Waals surface area contributed by atoms with Crippen molar-refractivity contribution in [3.8, 4) is 33.8 Å². The largest absolute Gasteiger partial charge is 0.508 e. The molecule has 0 aromatic heterocycles. The fraction of sp³-hybridized carbons (Fsp3) is 0.182. The van der Waals surface area contributed by atoms with Crippen LogP contribution in [0.5, 0.6) is 11.5 Å². The van der Waals surface area contributed by atoms with Gasteiger partial charge in [-0.3, -0.25) is 0 Å². The van der Waals surface area contributed by atoms with E-state index in [1.165, 1.54) is 5.56 Å². The zero-order chi connectivity index (χ0) is 17.3. The van der Waals surface area contributed by atoms with Crippen LogP contribution in [0.15, 0.2) is 60.7 Å². The molecule has 0 spiro atoms. The first-order chi connectivity index (χ1) is 11.4. The van der Waals surface area contributed by atoms with Gasteiger partial charge in [-0.15, -0.1) is 0 Å². The molecule has 0 heterocycles. The van der Waals surface area contributed by atoms with E-state index in [-0.39, 0.29) is 16.9 Å². The summed E-state index contributed by atoms with van der Waals surface area (Å²) in [5, 5.41) is 19.2. The van der Waals surface area contributed by atoms with Gasteiger partial charge in [0.2, 0.25) is 0 Å². The van der Waals surface area contributed by atoms with Crippen LogP contribution >= 0.6 is 0 Å². The van der Waals surface area contributed by atoms with Crippen LogP contribution in [-0.2, 0) is 5.41 Å². The summed E-state index contributed by atoms with van der Waals surface area (Å²) in [6, 6.07) is 21.8. The van der Waals surface area contributed by atoms with Crippen molar-refractivity contribution in [3.05, 3.63) is 72.3 Å². The summed E-state index contributed by atoms with van der Waals surface area (Å²) in [6.45, 7) is 6.56. The Morgan fingerprint density at radius 2 is 1.21 bits per heavy atom. The Morgan fingerprint density at radius 3 is 1.71 bits per heavy atom. The van der Waals surface area contributed by atoms with Gasteiger partial charge in [0.1, 0.15) is 11.5 Å². The van der Waals surface area contributed by atoms with Crippen molar-refractivity contribution >= 4 is 0 Å². The van der Waals surface area contributed by atoms with Gasteiger partial charge >= 0.3 is 0 Å². The first-order valence-corrected chi connectivity index (χ1v) is 8.00. The quantitative estimate of drug-likeness (QED) is 0.652. The first kappa shape index (κ1) is 16.1. The number of hydrogen-bond acceptors (Lipinski definition) is 2. The van der Waals surface area contributed by atoms with Crippen LogP contribution in [0.3, 0.4) is 0 Å². The second kappa shape index (κ2) is 6.04. The molecule has 1 radical (unpaired) electrons. The Bertz CT molecular complexity index is 839. The Hall–Kier alpha value is -2.74. The molecule has 121 valence electrons. The lowest BCUT2D eigenvalue weighted by Gasteiger charge is -2.25. The molecule has 3 aromatic rings. The summed E-state index contributed by atoms with van der Waals surface area (Å²) >= 11 is 0. The molecule has 0 amide bonds. The van der Waals surface area contributed by atoms with E-state index in [0.717, 1.165) is 22.3 Å². The predicted molar refractivity (Wildman–Crippen MR) is 98.2 cm³/mol. The van der Waals surface area contributed by atoms with Crippen molar-refractivity contribution in [2.24, 2.45) is 0 Å². The van der Waals surface area contributed by atoms with Crippen molar-refractivity contribution in [3.63, 3.8) is 0 Å². The molecule has 2 heteroatoms. The van der Waals surface area contributed by atoms with Gasteiger partial charge in [0.15, 0.2) is 0 Å². The molecule has 0 bridgehead atoms. The van der Waals surface area contributed by atoms with Gasteiger partial charge in [-0.2, -0.15) is 0 Å². The predicted octanol–water partition coefficient (Wildman–Crippen LogP) is 5.53. The third-order valence-corrected chi connectivity index (χ3v) is 4.12. The molecule has 0 aliphatic heterocycles. The average molecular weight is 317 g/mol. The zero-order valence-corrected chi connectivity index (χ0v) is 14.2. The Balaban J connectivity index is 2.29. The van der Waals surface area contributed by atoms with Crippen LogP contribution in [0.25, 0.3) is 22.3 Å². The van der Waals surface area contributed by atoms with Crippen molar-refractivity contribution < 1.29 is 10.2 Å². The molecule has 0 fully saturated rings. The fourth-order valence-electron chi connectivity index (χ4n) is 2.91. The van der Waals surface area contributed by atoms with E-state index in [1.54, 1.807) is 24.3 Å². The minimum atomic E-state index is -0.0337. The molecular weight excluding hydrogens is 296 g/mol. The molecule has 3 rings (SSSR count). The van der Waals surface area contributed by atoms with Crippen molar-refractivity contribution in [1.29, 1.82) is 0 Å². The highest BCUT2D eigenvalue weighted by molar-refractivity contribution is 5.86. The van der Waals surface area contributed by atoms with E-state index in [0.29, 0.717) is 0 Å². The molecule has 2 N–H and O–H groups in total. The summed E-state index contributed by atoms with van der Waals surface area (Å²) in [7, 11) is 0. The highest BCUT2D eigenvalue weighted by atomic mass is 16.3. The summed E-state index contributed by atoms with van der Waals surface area (Å²) < 4.78 is 0. The maximum atomic E-state index is 9.61. The summed E-state index contributed by atoms with van der Waals surface area (Å²) in [6.07, 6.45) is 0. The van der Waals surface area contributed by atoms with Gasteiger partial charge < -0.3 is 10.2 Å². The number of aromatic hydroxyl groups is 2. The van der Waals surface area contributed by atoms with E-state index in [9.17, 15) is 10.2 Å². The molecule has 24 heavy (non-hydrogen) atoms. The molecule has 0 atom stereocenters. The van der Waals surface area contributed by atoms with Gasteiger partial charge in [-0.25, -0.2) is 0 Å². The highest BCUT2D eigenvalue weighted by Gasteiger charge is 2.21. The molecule has 0 saturated heterocycles. The minimum absolute atomic E-state index is 0.0337. The third-order valence-electron chi connectivity index (χ3n) is 4.12. The van der Waals surface area contributed by atoms with E-state index < -0.39 is 0 Å². The lowest BCUT2D eigenvalue weighted by atomic mass is 9.79. The first-order valence-electron chi connectivity index (χ1n) is 8.00. The van der Waals surface area contributed by atoms with Crippen LogP contribution < -0.4 is 0 Å². The summed E-state index contributed by atoms with van der Waals surface area (Å²) in [5.74, 6) is 0.499. The molecule has 0 unspecified atom stereocenters. The SMILES string of the molecule is CC(C)(C)c1cc[c]c(-c2ccc(O)cc2)c1-c1ccc(O)cc1. The van der Waals surface area contributed by atoms with Crippen molar-refractivity contribution in [1.82, 2.24) is 0 Å². The van der Waals surface area contributed by atoms with Crippen molar-refractivity contribution in [2.45, 2.75) is 26.2 Å². The molecular formula is C22H21O2. The lowest BCUT2D eigenvalue weighted by Crippen LogP contribution is -2.13. The monoisotopic (exact) mass is 317 g/mol. The smallest absolute Gasteiger partial charge is 0.115 e. The number of rotatable bonds is 2. The van der Waals surface area contributed by atoms with E-state index >= 15 is 0 Å². The van der Waals surface area contributed by atoms with Crippen LogP contribution in [0.2, 0.25) is 0 Å². The number of hydrogen-bond donors (Lipinski definition) is 2. The molecule has 3 aromatic carbocycles. The van der Waals surface area contributed by atoms with Gasteiger partial charge in [-0.1, -0.05) is 57.2 Å². The minimum Gasteiger partial charge on any atom is -0.508 e. The van der Waals surface area contributed by atoms with Gasteiger partial charge in [0, 0.05) is 0 Å². The zero-order valence-electron chi connectivity index (χ0n) is 14.2. The van der Waals surface area contributed by atoms with E-state index in [2.05, 4.69) is 32.9 Å². The third kappa shape index (κ3) is 3.13. The Kier molecular flexibility index (Phi) is 4.06. The normalized spacial score (nSPS) is 11.5. The highest BCUT2D eigenvalue weighted by Crippen LogP contribution is 2.40. The van der Waals surface area contributed by atoms with Crippen LogP contribution in [0, 0.1) is 6.07 Å². The van der Waals surface area contributed by atoms with Gasteiger partial charge in [-0.05, 0) is 63.6 Å². The average Bonchev–Trinajstić information content (AvgIpc) is 2.55. The fourth-order valence-corrected chi connectivity index (χ4v) is 2.91. The second-order valence-electron chi connectivity index (χ2n) is 6.99. The number of benzene rings is 3. The van der Waals surface area contributed by atoms with E-state index in [1.807, 2.05) is 30.3 Å². The lowest BCUT2D eigenvalue weighted by molar-refractivity contribution is 0.475.